The Kier molecular flexibility index (Phi) is 6.13. The first-order valence-corrected chi connectivity index (χ1v) is 9.50. The van der Waals surface area contributed by atoms with Crippen LogP contribution in [0.5, 0.6) is 0 Å². The Bertz CT molecular complexity index is 843. The molecule has 1 saturated heterocycles. The quantitative estimate of drug-likeness (QED) is 0.878. The van der Waals surface area contributed by atoms with Gasteiger partial charge in [-0.3, -0.25) is 4.79 Å². The van der Waals surface area contributed by atoms with Crippen molar-refractivity contribution in [2.75, 3.05) is 38.1 Å². The fourth-order valence-electron chi connectivity index (χ4n) is 3.11. The van der Waals surface area contributed by atoms with Crippen LogP contribution in [0.2, 0.25) is 0 Å². The zero-order valence-corrected chi connectivity index (χ0v) is 16.6. The molecule has 148 valence electrons. The minimum Gasteiger partial charge on any atom is -0.450 e. The van der Waals surface area contributed by atoms with Crippen LogP contribution in [0.1, 0.15) is 28.4 Å². The number of rotatable bonds is 4. The lowest BCUT2D eigenvalue weighted by molar-refractivity contribution is 0.0570. The van der Waals surface area contributed by atoms with Crippen LogP contribution in [0.15, 0.2) is 36.5 Å². The molecule has 1 aromatic carbocycles. The maximum atomic E-state index is 12.7. The number of piperazine rings is 1. The minimum absolute atomic E-state index is 0.0747. The van der Waals surface area contributed by atoms with Crippen molar-refractivity contribution in [1.82, 2.24) is 14.8 Å². The van der Waals surface area contributed by atoms with Gasteiger partial charge >= 0.3 is 6.09 Å². The molecule has 0 unspecified atom stereocenters. The smallest absolute Gasteiger partial charge is 0.409 e. The van der Waals surface area contributed by atoms with Crippen LogP contribution in [0.4, 0.5) is 16.3 Å². The lowest BCUT2D eigenvalue weighted by Crippen LogP contribution is -2.50. The van der Waals surface area contributed by atoms with Crippen LogP contribution in [0, 0.1) is 13.8 Å². The molecule has 1 aliphatic heterocycles. The molecule has 28 heavy (non-hydrogen) atoms. The molecule has 1 aliphatic rings. The standard InChI is InChI=1S/C21H26N4O3/c1-4-28-21(27)25-12-10-24(11-13-25)20(26)17-8-9-19(22-14-17)23-18-7-5-6-15(2)16(18)3/h5-9,14H,4,10-13H2,1-3H3,(H,22,23). The fourth-order valence-corrected chi connectivity index (χ4v) is 3.11. The van der Waals surface area contributed by atoms with Gasteiger partial charge in [-0.25, -0.2) is 9.78 Å². The van der Waals surface area contributed by atoms with E-state index in [-0.39, 0.29) is 12.0 Å². The Morgan fingerprint density at radius 2 is 1.79 bits per heavy atom. The summed E-state index contributed by atoms with van der Waals surface area (Å²) in [7, 11) is 0. The molecule has 3 rings (SSSR count). The van der Waals surface area contributed by atoms with Crippen molar-refractivity contribution in [3.8, 4) is 0 Å². The maximum Gasteiger partial charge on any atom is 0.409 e. The number of aromatic nitrogens is 1. The van der Waals surface area contributed by atoms with E-state index in [1.165, 1.54) is 11.1 Å². The van der Waals surface area contributed by atoms with Gasteiger partial charge in [0.15, 0.2) is 0 Å². The molecular weight excluding hydrogens is 356 g/mol. The topological polar surface area (TPSA) is 74.8 Å². The highest BCUT2D eigenvalue weighted by atomic mass is 16.6. The highest BCUT2D eigenvalue weighted by molar-refractivity contribution is 5.94. The van der Waals surface area contributed by atoms with Crippen LogP contribution in [0.3, 0.4) is 0 Å². The van der Waals surface area contributed by atoms with Gasteiger partial charge in [-0.05, 0) is 50.1 Å². The maximum absolute atomic E-state index is 12.7. The number of amides is 2. The van der Waals surface area contributed by atoms with E-state index >= 15 is 0 Å². The number of nitrogens with one attached hydrogen (secondary N) is 1. The van der Waals surface area contributed by atoms with Crippen molar-refractivity contribution in [2.24, 2.45) is 0 Å². The first-order valence-electron chi connectivity index (χ1n) is 9.50. The Balaban J connectivity index is 1.60. The van der Waals surface area contributed by atoms with Crippen molar-refractivity contribution >= 4 is 23.5 Å². The van der Waals surface area contributed by atoms with E-state index in [4.69, 9.17) is 4.74 Å². The number of carbonyl (C=O) groups excluding carboxylic acids is 2. The molecule has 1 N–H and O–H groups in total. The van der Waals surface area contributed by atoms with Crippen molar-refractivity contribution in [2.45, 2.75) is 20.8 Å². The molecule has 7 nitrogen and oxygen atoms in total. The second-order valence-corrected chi connectivity index (χ2v) is 6.78. The normalized spacial score (nSPS) is 14.0. The van der Waals surface area contributed by atoms with E-state index in [1.807, 2.05) is 18.2 Å². The highest BCUT2D eigenvalue weighted by Crippen LogP contribution is 2.22. The summed E-state index contributed by atoms with van der Waals surface area (Å²) in [5.41, 5.74) is 3.92. The summed E-state index contributed by atoms with van der Waals surface area (Å²) < 4.78 is 5.01. The molecule has 7 heteroatoms. The van der Waals surface area contributed by atoms with Gasteiger partial charge in [0.1, 0.15) is 5.82 Å². The second kappa shape index (κ2) is 8.73. The van der Waals surface area contributed by atoms with E-state index in [2.05, 4.69) is 30.2 Å². The molecule has 2 aromatic rings. The molecule has 2 amide bonds. The SMILES string of the molecule is CCOC(=O)N1CCN(C(=O)c2ccc(Nc3cccc(C)c3C)nc2)CC1. The number of anilines is 2. The fraction of sp³-hybridized carbons (Fsp3) is 0.381. The third kappa shape index (κ3) is 4.42. The summed E-state index contributed by atoms with van der Waals surface area (Å²) in [6, 6.07) is 9.66. The Labute approximate surface area is 165 Å². The Morgan fingerprint density at radius 3 is 2.43 bits per heavy atom. The summed E-state index contributed by atoms with van der Waals surface area (Å²) in [4.78, 5) is 32.2. The number of hydrogen-bond acceptors (Lipinski definition) is 5. The van der Waals surface area contributed by atoms with Crippen LogP contribution < -0.4 is 5.32 Å². The van der Waals surface area contributed by atoms with E-state index in [1.54, 1.807) is 29.0 Å². The number of hydrogen-bond donors (Lipinski definition) is 1. The molecule has 0 spiro atoms. The number of carbonyl (C=O) groups is 2. The summed E-state index contributed by atoms with van der Waals surface area (Å²) in [6.45, 7) is 8.19. The van der Waals surface area contributed by atoms with Crippen molar-refractivity contribution in [3.63, 3.8) is 0 Å². The molecule has 2 heterocycles. The molecule has 0 aliphatic carbocycles. The predicted octanol–water partition coefficient (Wildman–Crippen LogP) is 3.36. The van der Waals surface area contributed by atoms with E-state index in [0.29, 0.717) is 44.2 Å². The van der Waals surface area contributed by atoms with Gasteiger partial charge in [0.25, 0.3) is 5.91 Å². The monoisotopic (exact) mass is 382 g/mol. The first-order chi connectivity index (χ1) is 13.5. The minimum atomic E-state index is -0.321. The highest BCUT2D eigenvalue weighted by Gasteiger charge is 2.25. The second-order valence-electron chi connectivity index (χ2n) is 6.78. The lowest BCUT2D eigenvalue weighted by atomic mass is 10.1. The predicted molar refractivity (Wildman–Crippen MR) is 108 cm³/mol. The average Bonchev–Trinajstić information content (AvgIpc) is 2.72. The van der Waals surface area contributed by atoms with Crippen LogP contribution in [-0.4, -0.2) is 59.6 Å². The van der Waals surface area contributed by atoms with E-state index in [9.17, 15) is 9.59 Å². The van der Waals surface area contributed by atoms with Gasteiger partial charge in [0.2, 0.25) is 0 Å². The van der Waals surface area contributed by atoms with E-state index in [0.717, 1.165) is 5.69 Å². The third-order valence-electron chi connectivity index (χ3n) is 4.97. The number of ether oxygens (including phenoxy) is 1. The Morgan fingerprint density at radius 1 is 1.07 bits per heavy atom. The van der Waals surface area contributed by atoms with Crippen LogP contribution in [-0.2, 0) is 4.74 Å². The molecule has 1 fully saturated rings. The molecule has 0 saturated carbocycles. The van der Waals surface area contributed by atoms with Gasteiger partial charge in [-0.1, -0.05) is 12.1 Å². The van der Waals surface area contributed by atoms with Gasteiger partial charge in [-0.2, -0.15) is 0 Å². The zero-order chi connectivity index (χ0) is 20.1. The zero-order valence-electron chi connectivity index (χ0n) is 16.6. The van der Waals surface area contributed by atoms with Crippen molar-refractivity contribution < 1.29 is 14.3 Å². The number of aryl methyl sites for hydroxylation is 1. The third-order valence-corrected chi connectivity index (χ3v) is 4.97. The number of nitrogens with zero attached hydrogens (tertiary/aromatic N) is 3. The van der Waals surface area contributed by atoms with Gasteiger partial charge in [0.05, 0.1) is 12.2 Å². The van der Waals surface area contributed by atoms with Gasteiger partial charge in [-0.15, -0.1) is 0 Å². The van der Waals surface area contributed by atoms with E-state index < -0.39 is 0 Å². The molecule has 0 radical (unpaired) electrons. The summed E-state index contributed by atoms with van der Waals surface area (Å²) >= 11 is 0. The molecule has 1 aromatic heterocycles. The first kappa shape index (κ1) is 19.7. The molecule has 0 atom stereocenters. The van der Waals surface area contributed by atoms with Crippen molar-refractivity contribution in [3.05, 3.63) is 53.2 Å². The average molecular weight is 382 g/mol. The van der Waals surface area contributed by atoms with Crippen molar-refractivity contribution in [1.29, 1.82) is 0 Å². The molecular formula is C21H26N4O3. The number of benzene rings is 1. The Hall–Kier alpha value is -3.09. The largest absolute Gasteiger partial charge is 0.450 e. The molecule has 0 bridgehead atoms. The lowest BCUT2D eigenvalue weighted by Gasteiger charge is -2.34. The summed E-state index contributed by atoms with van der Waals surface area (Å²) in [5.74, 6) is 0.617. The van der Waals surface area contributed by atoms with Gasteiger partial charge in [0, 0.05) is 38.1 Å². The summed E-state index contributed by atoms with van der Waals surface area (Å²) in [5, 5.41) is 3.29. The summed E-state index contributed by atoms with van der Waals surface area (Å²) in [6.07, 6.45) is 1.27. The van der Waals surface area contributed by atoms with Gasteiger partial charge < -0.3 is 19.9 Å². The van der Waals surface area contributed by atoms with Crippen LogP contribution >= 0.6 is 0 Å². The number of pyridine rings is 1. The van der Waals surface area contributed by atoms with Crippen LogP contribution in [0.25, 0.3) is 0 Å².